The molecule has 0 N–H and O–H groups in total. The molecule has 2 fully saturated rings. The molecule has 0 spiro atoms. The van der Waals surface area contributed by atoms with E-state index in [1.807, 2.05) is 0 Å². The molecule has 0 unspecified atom stereocenters. The Balaban J connectivity index is 2.62. The van der Waals surface area contributed by atoms with Gasteiger partial charge in [-0.25, -0.2) is 0 Å². The number of hydrogen-bond acceptors (Lipinski definition) is 20. The van der Waals surface area contributed by atoms with E-state index in [0.29, 0.717) is 18.8 Å². The van der Waals surface area contributed by atoms with Crippen LogP contribution in [-0.4, -0.2) is 128 Å². The number of rotatable bonds is 25. The fraction of sp³-hybridized carbons (Fsp3) is 0.795. The summed E-state index contributed by atoms with van der Waals surface area (Å²) < 4.78 is 62.6. The molecule has 0 aromatic heterocycles. The number of ether oxygens (including phenoxy) is 11. The molecule has 11 atom stereocenters. The highest BCUT2D eigenvalue weighted by molar-refractivity contribution is 5.72. The summed E-state index contributed by atoms with van der Waals surface area (Å²) >= 11 is 0. The van der Waals surface area contributed by atoms with Gasteiger partial charge in [-0.1, -0.05) is 78.1 Å². The van der Waals surface area contributed by atoms with Crippen molar-refractivity contribution in [3.05, 3.63) is 0 Å². The zero-order valence-electron chi connectivity index (χ0n) is 38.8. The smallest absolute Gasteiger partial charge is 0.306 e. The topological polar surface area (TPSA) is 255 Å². The second-order valence-corrected chi connectivity index (χ2v) is 16.4. The number of unbranched alkanes of at least 4 members (excludes halogenated alkanes) is 9. The Morgan fingerprint density at radius 3 is 1.11 bits per heavy atom. The summed E-state index contributed by atoms with van der Waals surface area (Å²) in [5.74, 6) is -7.68. The SMILES string of the molecule is CC(=O)OC[C@H]1O[C@@H](O[C@H]2[C@H](OC(C)=O)[C@@H](OC(C)=O)[C@H](OC(C)=O)[C@@H](OC(C)=O)[C@H]2OC(=O)CCCCCCCCCCCCC(C)C)[C@@H](OC(C)=O)[C@@H](OC(C)=O)[C@@H]1OC(C)=O. The molecular weight excluding hydrogens is 848 g/mol. The average molecular weight is 917 g/mol. The number of carbonyl (C=O) groups excluding carboxylic acids is 9. The third-order valence-corrected chi connectivity index (χ3v) is 10.1. The maximum atomic E-state index is 13.8. The molecule has 2 rings (SSSR count). The maximum absolute atomic E-state index is 13.8. The summed E-state index contributed by atoms with van der Waals surface area (Å²) in [6, 6.07) is 0. The van der Waals surface area contributed by atoms with Gasteiger partial charge in [0.25, 0.3) is 0 Å². The summed E-state index contributed by atoms with van der Waals surface area (Å²) in [7, 11) is 0. The van der Waals surface area contributed by atoms with Crippen LogP contribution in [-0.2, 0) is 95.3 Å². The largest absolute Gasteiger partial charge is 0.463 e. The van der Waals surface area contributed by atoms with E-state index < -0.39 is 128 Å². The van der Waals surface area contributed by atoms with Crippen molar-refractivity contribution in [2.75, 3.05) is 6.61 Å². The van der Waals surface area contributed by atoms with Crippen LogP contribution in [0.5, 0.6) is 0 Å². The van der Waals surface area contributed by atoms with Gasteiger partial charge in [-0.2, -0.15) is 0 Å². The highest BCUT2D eigenvalue weighted by Crippen LogP contribution is 2.38. The van der Waals surface area contributed by atoms with Crippen molar-refractivity contribution < 1.29 is 95.3 Å². The van der Waals surface area contributed by atoms with Crippen molar-refractivity contribution in [2.45, 2.75) is 214 Å². The third-order valence-electron chi connectivity index (χ3n) is 10.1. The molecule has 1 saturated heterocycles. The summed E-state index contributed by atoms with van der Waals surface area (Å²) in [5.41, 5.74) is 0. The molecule has 1 saturated carbocycles. The predicted octanol–water partition coefficient (Wildman–Crippen LogP) is 4.44. The molecule has 20 heteroatoms. The van der Waals surface area contributed by atoms with Crippen LogP contribution in [0, 0.1) is 5.92 Å². The fourth-order valence-corrected chi connectivity index (χ4v) is 7.61. The molecule has 64 heavy (non-hydrogen) atoms. The van der Waals surface area contributed by atoms with E-state index in [1.165, 1.54) is 25.7 Å². The van der Waals surface area contributed by atoms with Crippen LogP contribution < -0.4 is 0 Å². The van der Waals surface area contributed by atoms with E-state index in [4.69, 9.17) is 52.1 Å². The van der Waals surface area contributed by atoms with E-state index >= 15 is 0 Å². The van der Waals surface area contributed by atoms with Crippen LogP contribution in [0.25, 0.3) is 0 Å². The minimum Gasteiger partial charge on any atom is -0.463 e. The number of hydrogen-bond donors (Lipinski definition) is 0. The molecule has 0 bridgehead atoms. The first-order valence-electron chi connectivity index (χ1n) is 21.9. The molecule has 0 amide bonds. The Hall–Kier alpha value is -4.85. The predicted molar refractivity (Wildman–Crippen MR) is 219 cm³/mol. The minimum absolute atomic E-state index is 0.144. The zero-order chi connectivity index (χ0) is 48.1. The average Bonchev–Trinajstić information content (AvgIpc) is 3.16. The lowest BCUT2D eigenvalue weighted by molar-refractivity contribution is -0.343. The van der Waals surface area contributed by atoms with Crippen molar-refractivity contribution in [2.24, 2.45) is 5.92 Å². The van der Waals surface area contributed by atoms with Crippen molar-refractivity contribution in [3.63, 3.8) is 0 Å². The highest BCUT2D eigenvalue weighted by atomic mass is 16.8. The molecule has 20 nitrogen and oxygen atoms in total. The van der Waals surface area contributed by atoms with Gasteiger partial charge < -0.3 is 52.1 Å². The quantitative estimate of drug-likeness (QED) is 0.0696. The van der Waals surface area contributed by atoms with Crippen LogP contribution >= 0.6 is 0 Å². The molecule has 364 valence electrons. The van der Waals surface area contributed by atoms with Gasteiger partial charge in [0, 0.05) is 61.8 Å². The normalized spacial score (nSPS) is 26.4. The van der Waals surface area contributed by atoms with Gasteiger partial charge >= 0.3 is 53.7 Å². The second kappa shape index (κ2) is 28.1. The first-order valence-corrected chi connectivity index (χ1v) is 21.9. The van der Waals surface area contributed by atoms with Crippen LogP contribution in [0.2, 0.25) is 0 Å². The summed E-state index contributed by atoms with van der Waals surface area (Å²) in [6.45, 7) is 11.9. The second-order valence-electron chi connectivity index (χ2n) is 16.4. The van der Waals surface area contributed by atoms with Crippen molar-refractivity contribution in [1.29, 1.82) is 0 Å². The van der Waals surface area contributed by atoms with E-state index in [0.717, 1.165) is 87.5 Å². The highest BCUT2D eigenvalue weighted by Gasteiger charge is 2.62. The monoisotopic (exact) mass is 916 g/mol. The van der Waals surface area contributed by atoms with Crippen LogP contribution in [0.1, 0.15) is 146 Å². The Bertz CT molecular complexity index is 1580. The molecule has 0 radical (unpaired) electrons. The number of carbonyl (C=O) groups is 9. The van der Waals surface area contributed by atoms with Gasteiger partial charge in [0.15, 0.2) is 55.1 Å². The first-order chi connectivity index (χ1) is 30.1. The zero-order valence-corrected chi connectivity index (χ0v) is 38.8. The van der Waals surface area contributed by atoms with E-state index in [9.17, 15) is 43.2 Å². The molecule has 1 heterocycles. The van der Waals surface area contributed by atoms with Gasteiger partial charge in [0.05, 0.1) is 0 Å². The Kier molecular flexibility index (Phi) is 24.3. The van der Waals surface area contributed by atoms with Crippen LogP contribution in [0.15, 0.2) is 0 Å². The summed E-state index contributed by atoms with van der Waals surface area (Å²) in [4.78, 5) is 114. The van der Waals surface area contributed by atoms with E-state index in [1.54, 1.807) is 0 Å². The van der Waals surface area contributed by atoms with Gasteiger partial charge in [-0.15, -0.1) is 0 Å². The van der Waals surface area contributed by atoms with Crippen molar-refractivity contribution in [3.8, 4) is 0 Å². The summed E-state index contributed by atoms with van der Waals surface area (Å²) in [5, 5.41) is 0. The Morgan fingerprint density at radius 2 is 0.719 bits per heavy atom. The third kappa shape index (κ3) is 19.9. The van der Waals surface area contributed by atoms with E-state index in [-0.39, 0.29) is 6.42 Å². The fourth-order valence-electron chi connectivity index (χ4n) is 7.61. The Labute approximate surface area is 374 Å². The van der Waals surface area contributed by atoms with E-state index in [2.05, 4.69) is 13.8 Å². The number of esters is 9. The van der Waals surface area contributed by atoms with Crippen molar-refractivity contribution >= 4 is 53.7 Å². The summed E-state index contributed by atoms with van der Waals surface area (Å²) in [6.07, 6.45) is -8.70. The molecule has 2 aliphatic rings. The van der Waals surface area contributed by atoms with Gasteiger partial charge in [-0.3, -0.25) is 43.2 Å². The lowest BCUT2D eigenvalue weighted by atomic mass is 9.83. The van der Waals surface area contributed by atoms with Crippen LogP contribution in [0.4, 0.5) is 0 Å². The molecule has 0 aromatic carbocycles. The van der Waals surface area contributed by atoms with Gasteiger partial charge in [0.1, 0.15) is 18.8 Å². The molecule has 0 aromatic rings. The van der Waals surface area contributed by atoms with Crippen LogP contribution in [0.3, 0.4) is 0 Å². The van der Waals surface area contributed by atoms with Gasteiger partial charge in [-0.05, 0) is 12.3 Å². The van der Waals surface area contributed by atoms with Crippen molar-refractivity contribution in [1.82, 2.24) is 0 Å². The Morgan fingerprint density at radius 1 is 0.391 bits per heavy atom. The minimum atomic E-state index is -1.97. The van der Waals surface area contributed by atoms with Gasteiger partial charge in [0.2, 0.25) is 0 Å². The standard InChI is InChI=1S/C44H68O20/c1-24(2)21-19-17-15-13-11-12-14-16-18-20-22-34(53)63-41-39(59-30(8)50)37(57-28(6)48)38(58-29(7)49)40(60-31(9)51)42(41)64-44-43(61-32(10)52)36(56-27(5)47)35(55-26(4)46)33(62-44)23-54-25(3)45/h24,33,35-44H,11-23H2,1-10H3/t33-,35-,36+,37+,38+,39-,40-,41-,42+,43+,44+/m1/s1. The molecule has 1 aliphatic carbocycles. The lowest BCUT2D eigenvalue weighted by Gasteiger charge is -2.50. The first kappa shape index (κ1) is 55.3. The molecular formula is C44H68O20. The lowest BCUT2D eigenvalue weighted by Crippen LogP contribution is -2.70. The maximum Gasteiger partial charge on any atom is 0.306 e. The molecule has 1 aliphatic heterocycles.